The summed E-state index contributed by atoms with van der Waals surface area (Å²) in [5, 5.41) is 3.89. The fourth-order valence-corrected chi connectivity index (χ4v) is 2.34. The maximum atomic E-state index is 12.4. The van der Waals surface area contributed by atoms with E-state index in [1.165, 1.54) is 0 Å². The van der Waals surface area contributed by atoms with Crippen LogP contribution in [0.3, 0.4) is 0 Å². The summed E-state index contributed by atoms with van der Waals surface area (Å²) in [6.45, 7) is 9.63. The zero-order chi connectivity index (χ0) is 16.7. The second-order valence-electron chi connectivity index (χ2n) is 5.93. The van der Waals surface area contributed by atoms with E-state index in [9.17, 15) is 4.79 Å². The summed E-state index contributed by atoms with van der Waals surface area (Å²) in [5.74, 6) is 0.271. The van der Waals surface area contributed by atoms with Crippen molar-refractivity contribution in [1.82, 2.24) is 4.90 Å². The van der Waals surface area contributed by atoms with Crippen LogP contribution >= 0.6 is 0 Å². The number of carbonyl (C=O) groups excluding carboxylic acids is 1. The molecule has 0 saturated carbocycles. The molecular formula is C17H27N3O2. The first-order chi connectivity index (χ1) is 10.3. The molecule has 0 bridgehead atoms. The second kappa shape index (κ2) is 8.41. The van der Waals surface area contributed by atoms with Crippen molar-refractivity contribution in [2.45, 2.75) is 59.2 Å². The van der Waals surface area contributed by atoms with Gasteiger partial charge in [-0.2, -0.15) is 0 Å². The van der Waals surface area contributed by atoms with Crippen molar-refractivity contribution in [3.8, 4) is 0 Å². The highest BCUT2D eigenvalue weighted by atomic mass is 16.6. The van der Waals surface area contributed by atoms with Gasteiger partial charge in [0.15, 0.2) is 0 Å². The smallest absolute Gasteiger partial charge is 0.266 e. The minimum absolute atomic E-state index is 0.0822. The van der Waals surface area contributed by atoms with E-state index in [2.05, 4.69) is 5.16 Å². The maximum Gasteiger partial charge on any atom is 0.266 e. The van der Waals surface area contributed by atoms with Gasteiger partial charge in [-0.3, -0.25) is 4.79 Å². The van der Waals surface area contributed by atoms with Crippen molar-refractivity contribution in [3.63, 3.8) is 0 Å². The number of carbonyl (C=O) groups is 1. The van der Waals surface area contributed by atoms with Crippen LogP contribution in [0.5, 0.6) is 0 Å². The molecule has 1 amide bonds. The van der Waals surface area contributed by atoms with E-state index in [1.807, 2.05) is 58.0 Å². The van der Waals surface area contributed by atoms with E-state index in [1.54, 1.807) is 11.8 Å². The third kappa shape index (κ3) is 5.39. The molecule has 2 N–H and O–H groups in total. The van der Waals surface area contributed by atoms with Crippen molar-refractivity contribution in [2.24, 2.45) is 10.9 Å². The van der Waals surface area contributed by atoms with Crippen molar-refractivity contribution in [1.29, 1.82) is 0 Å². The topological polar surface area (TPSA) is 67.9 Å². The summed E-state index contributed by atoms with van der Waals surface area (Å²) < 4.78 is 0. The maximum absolute atomic E-state index is 12.4. The molecular weight excluding hydrogens is 278 g/mol. The molecule has 0 spiro atoms. The van der Waals surface area contributed by atoms with Crippen LogP contribution in [-0.2, 0) is 16.1 Å². The molecule has 0 heterocycles. The number of amides is 1. The molecule has 0 aliphatic carbocycles. The number of nitrogens with zero attached hydrogens (tertiary/aromatic N) is 2. The standard InChI is InChI=1S/C17H27N3O2/c1-12(2)20(13(3)4)17(21)14(5)22-19-16(18)11-15-9-7-6-8-10-15/h6-10,12-14H,11H2,1-5H3,(H2,18,19). The van der Waals surface area contributed by atoms with Crippen LogP contribution in [0.1, 0.15) is 40.2 Å². The Bertz CT molecular complexity index is 490. The first-order valence-electron chi connectivity index (χ1n) is 7.67. The van der Waals surface area contributed by atoms with Crippen molar-refractivity contribution >= 4 is 11.7 Å². The Morgan fingerprint density at radius 3 is 2.18 bits per heavy atom. The van der Waals surface area contributed by atoms with Gasteiger partial charge in [-0.15, -0.1) is 0 Å². The zero-order valence-corrected chi connectivity index (χ0v) is 14.1. The summed E-state index contributed by atoms with van der Waals surface area (Å²) in [7, 11) is 0. The minimum atomic E-state index is -0.654. The molecule has 5 heteroatoms. The molecule has 5 nitrogen and oxygen atoms in total. The van der Waals surface area contributed by atoms with Crippen LogP contribution in [-0.4, -0.2) is 34.8 Å². The van der Waals surface area contributed by atoms with Crippen molar-refractivity contribution in [2.75, 3.05) is 0 Å². The highest BCUT2D eigenvalue weighted by Gasteiger charge is 2.26. The highest BCUT2D eigenvalue weighted by molar-refractivity contribution is 5.83. The van der Waals surface area contributed by atoms with Gasteiger partial charge in [0.1, 0.15) is 5.84 Å². The van der Waals surface area contributed by atoms with E-state index in [-0.39, 0.29) is 18.0 Å². The van der Waals surface area contributed by atoms with Crippen LogP contribution in [0.2, 0.25) is 0 Å². The zero-order valence-electron chi connectivity index (χ0n) is 14.1. The Morgan fingerprint density at radius 2 is 1.68 bits per heavy atom. The average Bonchev–Trinajstić information content (AvgIpc) is 2.45. The normalized spacial score (nSPS) is 13.3. The summed E-state index contributed by atoms with van der Waals surface area (Å²) in [4.78, 5) is 19.5. The molecule has 22 heavy (non-hydrogen) atoms. The first kappa shape index (κ1) is 18.0. The Kier molecular flexibility index (Phi) is 6.89. The van der Waals surface area contributed by atoms with E-state index in [0.717, 1.165) is 5.56 Å². The number of benzene rings is 1. The molecule has 1 rings (SSSR count). The Balaban J connectivity index is 2.61. The predicted molar refractivity (Wildman–Crippen MR) is 89.4 cm³/mol. The monoisotopic (exact) mass is 305 g/mol. The molecule has 0 aliphatic heterocycles. The van der Waals surface area contributed by atoms with Crippen LogP contribution in [0.4, 0.5) is 0 Å². The van der Waals surface area contributed by atoms with Crippen LogP contribution < -0.4 is 5.73 Å². The van der Waals surface area contributed by atoms with E-state index in [4.69, 9.17) is 10.6 Å². The Hall–Kier alpha value is -2.04. The number of oxime groups is 1. The number of amidine groups is 1. The lowest BCUT2D eigenvalue weighted by Crippen LogP contribution is -2.46. The molecule has 1 aromatic carbocycles. The van der Waals surface area contributed by atoms with Gasteiger partial charge < -0.3 is 15.5 Å². The molecule has 0 aromatic heterocycles. The van der Waals surface area contributed by atoms with E-state index >= 15 is 0 Å². The lowest BCUT2D eigenvalue weighted by atomic mass is 10.1. The second-order valence-corrected chi connectivity index (χ2v) is 5.93. The fourth-order valence-electron chi connectivity index (χ4n) is 2.34. The minimum Gasteiger partial charge on any atom is -0.384 e. The van der Waals surface area contributed by atoms with Crippen molar-refractivity contribution in [3.05, 3.63) is 35.9 Å². The van der Waals surface area contributed by atoms with Gasteiger partial charge in [-0.05, 0) is 40.2 Å². The molecule has 0 fully saturated rings. The molecule has 1 aromatic rings. The Labute approximate surface area is 133 Å². The third-order valence-electron chi connectivity index (χ3n) is 3.27. The van der Waals surface area contributed by atoms with Gasteiger partial charge >= 0.3 is 0 Å². The third-order valence-corrected chi connectivity index (χ3v) is 3.27. The predicted octanol–water partition coefficient (Wildman–Crippen LogP) is 2.55. The summed E-state index contributed by atoms with van der Waals surface area (Å²) in [6.07, 6.45) is -0.154. The fraction of sp³-hybridized carbons (Fsp3) is 0.529. The molecule has 1 atom stereocenters. The molecule has 0 saturated heterocycles. The molecule has 0 aliphatic rings. The Morgan fingerprint density at radius 1 is 1.14 bits per heavy atom. The summed E-state index contributed by atoms with van der Waals surface area (Å²) >= 11 is 0. The number of nitrogens with two attached hydrogens (primary N) is 1. The lowest BCUT2D eigenvalue weighted by Gasteiger charge is -2.32. The van der Waals surface area contributed by atoms with Crippen LogP contribution in [0.15, 0.2) is 35.5 Å². The largest absolute Gasteiger partial charge is 0.384 e. The number of rotatable bonds is 7. The molecule has 122 valence electrons. The quantitative estimate of drug-likeness (QED) is 0.478. The lowest BCUT2D eigenvalue weighted by molar-refractivity contribution is -0.146. The van der Waals surface area contributed by atoms with Crippen molar-refractivity contribution < 1.29 is 9.63 Å². The summed E-state index contributed by atoms with van der Waals surface area (Å²) in [6, 6.07) is 10.00. The first-order valence-corrected chi connectivity index (χ1v) is 7.67. The summed E-state index contributed by atoms with van der Waals surface area (Å²) in [5.41, 5.74) is 6.90. The van der Waals surface area contributed by atoms with E-state index < -0.39 is 6.10 Å². The number of hydrogen-bond acceptors (Lipinski definition) is 3. The van der Waals surface area contributed by atoms with Gasteiger partial charge in [0.2, 0.25) is 6.10 Å². The van der Waals surface area contributed by atoms with E-state index in [0.29, 0.717) is 12.3 Å². The van der Waals surface area contributed by atoms with Gasteiger partial charge in [-0.25, -0.2) is 0 Å². The highest BCUT2D eigenvalue weighted by Crippen LogP contribution is 2.10. The molecule has 1 unspecified atom stereocenters. The molecule has 0 radical (unpaired) electrons. The van der Waals surface area contributed by atoms with Gasteiger partial charge in [0, 0.05) is 18.5 Å². The van der Waals surface area contributed by atoms with Gasteiger partial charge in [0.25, 0.3) is 5.91 Å². The van der Waals surface area contributed by atoms with Gasteiger partial charge in [-0.1, -0.05) is 35.5 Å². The number of hydrogen-bond donors (Lipinski definition) is 1. The SMILES string of the molecule is CC(O/N=C(/N)Cc1ccccc1)C(=O)N(C(C)C)C(C)C. The van der Waals surface area contributed by atoms with Gasteiger partial charge in [0.05, 0.1) is 0 Å². The average molecular weight is 305 g/mol. The van der Waals surface area contributed by atoms with Crippen LogP contribution in [0.25, 0.3) is 0 Å². The van der Waals surface area contributed by atoms with Crippen LogP contribution in [0, 0.1) is 0 Å².